The third kappa shape index (κ3) is 4.75. The van der Waals surface area contributed by atoms with Gasteiger partial charge >= 0.3 is 6.61 Å². The Morgan fingerprint density at radius 2 is 1.94 bits per heavy atom. The SMILES string of the molecule is FC(F)Oc1ccc(-c2csc(=Nc3cccnc3)n2N=Cc2ccc3c(c2)OCO3)cc1. The van der Waals surface area contributed by atoms with E-state index in [1.807, 2.05) is 29.6 Å². The van der Waals surface area contributed by atoms with E-state index in [2.05, 4.69) is 19.8 Å². The minimum absolute atomic E-state index is 0.0830. The molecule has 166 valence electrons. The fraction of sp³-hybridized carbons (Fsp3) is 0.0870. The topological polar surface area (TPSA) is 70.2 Å². The van der Waals surface area contributed by atoms with Crippen molar-refractivity contribution in [3.63, 3.8) is 0 Å². The lowest BCUT2D eigenvalue weighted by atomic mass is 10.2. The number of alkyl halides is 2. The number of hydrogen-bond donors (Lipinski definition) is 0. The zero-order chi connectivity index (χ0) is 22.6. The Labute approximate surface area is 190 Å². The Bertz CT molecular complexity index is 1350. The van der Waals surface area contributed by atoms with E-state index in [1.165, 1.54) is 23.5 Å². The van der Waals surface area contributed by atoms with Crippen molar-refractivity contribution in [1.82, 2.24) is 9.66 Å². The molecule has 0 aliphatic carbocycles. The van der Waals surface area contributed by atoms with Crippen LogP contribution >= 0.6 is 11.3 Å². The molecule has 0 unspecified atom stereocenters. The first-order chi connectivity index (χ1) is 16.2. The normalized spacial score (nSPS) is 13.2. The summed E-state index contributed by atoms with van der Waals surface area (Å²) < 4.78 is 41.9. The molecule has 0 N–H and O–H groups in total. The summed E-state index contributed by atoms with van der Waals surface area (Å²) in [6.45, 7) is -2.68. The van der Waals surface area contributed by atoms with Gasteiger partial charge in [0, 0.05) is 17.1 Å². The van der Waals surface area contributed by atoms with Gasteiger partial charge in [-0.1, -0.05) is 0 Å². The third-order valence-electron chi connectivity index (χ3n) is 4.65. The average Bonchev–Trinajstić information content (AvgIpc) is 3.45. The fourth-order valence-corrected chi connectivity index (χ4v) is 4.00. The summed E-state index contributed by atoms with van der Waals surface area (Å²) in [5.41, 5.74) is 3.00. The molecule has 0 fully saturated rings. The molecule has 2 aromatic heterocycles. The smallest absolute Gasteiger partial charge is 0.387 e. The Morgan fingerprint density at radius 3 is 2.73 bits per heavy atom. The molecule has 2 aromatic carbocycles. The summed E-state index contributed by atoms with van der Waals surface area (Å²) in [5, 5.41) is 6.54. The van der Waals surface area contributed by atoms with Crippen LogP contribution in [0.5, 0.6) is 17.2 Å². The molecular formula is C23H16F2N4O3S. The lowest BCUT2D eigenvalue weighted by molar-refractivity contribution is -0.0498. The summed E-state index contributed by atoms with van der Waals surface area (Å²) in [7, 11) is 0. The van der Waals surface area contributed by atoms with Crippen LogP contribution in [0.1, 0.15) is 5.56 Å². The van der Waals surface area contributed by atoms with Gasteiger partial charge < -0.3 is 14.2 Å². The molecule has 4 aromatic rings. The molecule has 7 nitrogen and oxygen atoms in total. The minimum Gasteiger partial charge on any atom is -0.454 e. The molecule has 0 spiro atoms. The van der Waals surface area contributed by atoms with Crippen LogP contribution in [0.2, 0.25) is 0 Å². The van der Waals surface area contributed by atoms with Crippen LogP contribution in [0.3, 0.4) is 0 Å². The summed E-state index contributed by atoms with van der Waals surface area (Å²) in [5.74, 6) is 1.43. The number of fused-ring (bicyclic) bond motifs is 1. The largest absolute Gasteiger partial charge is 0.454 e. The summed E-state index contributed by atoms with van der Waals surface area (Å²) in [6.07, 6.45) is 5.02. The first-order valence-corrected chi connectivity index (χ1v) is 10.7. The molecule has 0 bridgehead atoms. The van der Waals surface area contributed by atoms with E-state index < -0.39 is 6.61 Å². The number of nitrogens with zero attached hydrogens (tertiary/aromatic N) is 4. The predicted octanol–water partition coefficient (Wildman–Crippen LogP) is 5.06. The molecule has 0 saturated heterocycles. The second-order valence-electron chi connectivity index (χ2n) is 6.80. The second-order valence-corrected chi connectivity index (χ2v) is 7.64. The van der Waals surface area contributed by atoms with E-state index in [-0.39, 0.29) is 12.5 Å². The number of hydrogen-bond acceptors (Lipinski definition) is 7. The van der Waals surface area contributed by atoms with Gasteiger partial charge in [0.2, 0.25) is 11.6 Å². The van der Waals surface area contributed by atoms with Crippen LogP contribution < -0.4 is 19.0 Å². The van der Waals surface area contributed by atoms with Crippen molar-refractivity contribution in [2.45, 2.75) is 6.61 Å². The number of aromatic nitrogens is 2. The first kappa shape index (κ1) is 20.8. The zero-order valence-electron chi connectivity index (χ0n) is 17.0. The monoisotopic (exact) mass is 466 g/mol. The highest BCUT2D eigenvalue weighted by atomic mass is 32.1. The molecule has 0 radical (unpaired) electrons. The summed E-state index contributed by atoms with van der Waals surface area (Å²) in [6, 6.07) is 15.5. The van der Waals surface area contributed by atoms with Crippen molar-refractivity contribution in [1.29, 1.82) is 0 Å². The quantitative estimate of drug-likeness (QED) is 0.373. The van der Waals surface area contributed by atoms with Gasteiger partial charge in [-0.15, -0.1) is 11.3 Å². The maximum atomic E-state index is 12.5. The zero-order valence-corrected chi connectivity index (χ0v) is 17.8. The minimum atomic E-state index is -2.88. The van der Waals surface area contributed by atoms with Gasteiger partial charge in [-0.05, 0) is 60.2 Å². The molecule has 1 aliphatic rings. The molecule has 0 atom stereocenters. The summed E-state index contributed by atoms with van der Waals surface area (Å²) >= 11 is 1.39. The van der Waals surface area contributed by atoms with Gasteiger partial charge in [-0.3, -0.25) is 4.98 Å². The lowest BCUT2D eigenvalue weighted by Gasteiger charge is -2.07. The van der Waals surface area contributed by atoms with Crippen LogP contribution in [0.25, 0.3) is 11.3 Å². The van der Waals surface area contributed by atoms with Crippen LogP contribution in [0.15, 0.2) is 82.5 Å². The molecule has 33 heavy (non-hydrogen) atoms. The van der Waals surface area contributed by atoms with Crippen LogP contribution in [-0.4, -0.2) is 29.3 Å². The Hall–Kier alpha value is -4.05. The van der Waals surface area contributed by atoms with Crippen molar-refractivity contribution in [3.05, 3.63) is 82.7 Å². The van der Waals surface area contributed by atoms with Gasteiger partial charge in [0.15, 0.2) is 11.5 Å². The van der Waals surface area contributed by atoms with Crippen molar-refractivity contribution < 1.29 is 23.0 Å². The van der Waals surface area contributed by atoms with E-state index in [0.717, 1.165) is 16.8 Å². The molecule has 5 rings (SSSR count). The van der Waals surface area contributed by atoms with Gasteiger partial charge in [0.05, 0.1) is 23.8 Å². The number of benzene rings is 2. The number of thiazole rings is 1. The molecular weight excluding hydrogens is 450 g/mol. The van der Waals surface area contributed by atoms with Crippen molar-refractivity contribution in [2.75, 3.05) is 6.79 Å². The van der Waals surface area contributed by atoms with Crippen molar-refractivity contribution in [3.8, 4) is 28.5 Å². The van der Waals surface area contributed by atoms with E-state index >= 15 is 0 Å². The van der Waals surface area contributed by atoms with E-state index in [4.69, 9.17) is 9.47 Å². The van der Waals surface area contributed by atoms with Crippen LogP contribution in [0.4, 0.5) is 14.5 Å². The highest BCUT2D eigenvalue weighted by Crippen LogP contribution is 2.32. The van der Waals surface area contributed by atoms with E-state index in [1.54, 1.807) is 41.5 Å². The number of rotatable bonds is 6. The van der Waals surface area contributed by atoms with Crippen molar-refractivity contribution >= 4 is 23.2 Å². The average molecular weight is 466 g/mol. The van der Waals surface area contributed by atoms with Gasteiger partial charge in [0.1, 0.15) is 5.75 Å². The Kier molecular flexibility index (Phi) is 5.81. The fourth-order valence-electron chi connectivity index (χ4n) is 3.14. The van der Waals surface area contributed by atoms with Crippen LogP contribution in [-0.2, 0) is 0 Å². The van der Waals surface area contributed by atoms with E-state index in [0.29, 0.717) is 22.0 Å². The first-order valence-electron chi connectivity index (χ1n) is 9.80. The second kappa shape index (κ2) is 9.21. The Balaban J connectivity index is 1.55. The predicted molar refractivity (Wildman–Crippen MR) is 119 cm³/mol. The third-order valence-corrected chi connectivity index (χ3v) is 5.47. The standard InChI is InChI=1S/C23H16F2N4O3S/c24-22(25)32-18-6-4-16(5-7-18)19-13-33-23(28-17-2-1-9-26-12-17)29(19)27-11-15-3-8-20-21(10-15)31-14-30-20/h1-13,22H,14H2. The lowest BCUT2D eigenvalue weighted by Crippen LogP contribution is -2.11. The molecule has 10 heteroatoms. The van der Waals surface area contributed by atoms with Gasteiger partial charge in [0.25, 0.3) is 0 Å². The van der Waals surface area contributed by atoms with Crippen molar-refractivity contribution in [2.24, 2.45) is 10.1 Å². The number of ether oxygens (including phenoxy) is 3. The molecule has 1 aliphatic heterocycles. The highest BCUT2D eigenvalue weighted by Gasteiger charge is 2.13. The maximum absolute atomic E-state index is 12.5. The number of pyridine rings is 1. The van der Waals surface area contributed by atoms with E-state index in [9.17, 15) is 8.78 Å². The van der Waals surface area contributed by atoms with Gasteiger partial charge in [-0.25, -0.2) is 9.67 Å². The van der Waals surface area contributed by atoms with Gasteiger partial charge in [-0.2, -0.15) is 13.9 Å². The molecule has 0 amide bonds. The molecule has 0 saturated carbocycles. The maximum Gasteiger partial charge on any atom is 0.387 e. The highest BCUT2D eigenvalue weighted by molar-refractivity contribution is 7.07. The number of halogens is 2. The molecule has 3 heterocycles. The van der Waals surface area contributed by atoms with Crippen LogP contribution in [0, 0.1) is 0 Å². The Morgan fingerprint density at radius 1 is 1.09 bits per heavy atom. The summed E-state index contributed by atoms with van der Waals surface area (Å²) in [4.78, 5) is 9.36.